The van der Waals surface area contributed by atoms with Crippen molar-refractivity contribution in [1.82, 2.24) is 24.6 Å². The highest BCUT2D eigenvalue weighted by Crippen LogP contribution is 2.27. The standard InChI is InChI=1S/C24H22N6O2/c25-24-28-19-13-17(1-4-21(19)32-24)18-3-6-23-27-14-20(30(23)15-18)16-2-5-22(26-8-7-16)29-9-11-31-12-10-29/h1-8,13-15,26H,9-12H2,(H2,25,28). The molecule has 0 amide bonds. The Morgan fingerprint density at radius 1 is 1.03 bits per heavy atom. The molecule has 5 heterocycles. The van der Waals surface area contributed by atoms with Gasteiger partial charge in [0.05, 0.1) is 25.1 Å². The Morgan fingerprint density at radius 3 is 2.81 bits per heavy atom. The first-order chi connectivity index (χ1) is 15.7. The molecule has 1 saturated heterocycles. The number of nitrogens with two attached hydrogens (primary N) is 1. The van der Waals surface area contributed by atoms with Crippen molar-refractivity contribution in [2.24, 2.45) is 0 Å². The summed E-state index contributed by atoms with van der Waals surface area (Å²) < 4.78 is 13.0. The van der Waals surface area contributed by atoms with Crippen LogP contribution in [0.1, 0.15) is 5.69 Å². The van der Waals surface area contributed by atoms with Crippen LogP contribution in [0.4, 0.5) is 6.01 Å². The number of imidazole rings is 1. The Kier molecular flexibility index (Phi) is 4.43. The second-order valence-electron chi connectivity index (χ2n) is 7.78. The van der Waals surface area contributed by atoms with Crippen LogP contribution >= 0.6 is 0 Å². The maximum Gasteiger partial charge on any atom is 0.292 e. The zero-order valence-electron chi connectivity index (χ0n) is 17.4. The Hall–Kier alpha value is -4.04. The molecule has 0 radical (unpaired) electrons. The molecule has 3 N–H and O–H groups in total. The maximum absolute atomic E-state index is 5.69. The number of nitrogens with zero attached hydrogens (tertiary/aromatic N) is 4. The van der Waals surface area contributed by atoms with Gasteiger partial charge in [-0.3, -0.25) is 4.40 Å². The van der Waals surface area contributed by atoms with Crippen LogP contribution in [0.2, 0.25) is 0 Å². The van der Waals surface area contributed by atoms with Crippen LogP contribution in [0.25, 0.3) is 33.4 Å². The van der Waals surface area contributed by atoms with E-state index in [2.05, 4.69) is 55.1 Å². The van der Waals surface area contributed by atoms with Gasteiger partial charge in [-0.25, -0.2) is 4.98 Å². The topological polar surface area (TPSA) is 93.8 Å². The molecule has 1 fully saturated rings. The van der Waals surface area contributed by atoms with Gasteiger partial charge < -0.3 is 25.1 Å². The molecule has 0 aliphatic carbocycles. The number of oxazole rings is 1. The Morgan fingerprint density at radius 2 is 1.91 bits per heavy atom. The molecule has 8 nitrogen and oxygen atoms in total. The predicted octanol–water partition coefficient (Wildman–Crippen LogP) is 3.40. The lowest BCUT2D eigenvalue weighted by atomic mass is 10.1. The van der Waals surface area contributed by atoms with Crippen molar-refractivity contribution < 1.29 is 9.15 Å². The van der Waals surface area contributed by atoms with E-state index in [0.717, 1.165) is 65.7 Å². The van der Waals surface area contributed by atoms with Crippen LogP contribution in [0.15, 0.2) is 77.4 Å². The maximum atomic E-state index is 5.69. The number of hydrogen-bond donors (Lipinski definition) is 2. The molecule has 0 unspecified atom stereocenters. The smallest absolute Gasteiger partial charge is 0.292 e. The average Bonchev–Trinajstić information content (AvgIpc) is 3.32. The van der Waals surface area contributed by atoms with Gasteiger partial charge in [0.25, 0.3) is 6.01 Å². The summed E-state index contributed by atoms with van der Waals surface area (Å²) in [5.74, 6) is 1.08. The number of pyridine rings is 1. The van der Waals surface area contributed by atoms with Crippen LogP contribution in [-0.2, 0) is 4.74 Å². The summed E-state index contributed by atoms with van der Waals surface area (Å²) in [6, 6.07) is 10.2. The monoisotopic (exact) mass is 426 g/mol. The molecule has 8 heteroatoms. The molecule has 3 aromatic heterocycles. The van der Waals surface area contributed by atoms with Gasteiger partial charge in [0.2, 0.25) is 0 Å². The molecule has 2 aliphatic rings. The first-order valence-electron chi connectivity index (χ1n) is 10.6. The Balaban J connectivity index is 1.38. The molecule has 0 bridgehead atoms. The van der Waals surface area contributed by atoms with E-state index < -0.39 is 0 Å². The third-order valence-corrected chi connectivity index (χ3v) is 5.81. The molecule has 32 heavy (non-hydrogen) atoms. The predicted molar refractivity (Wildman–Crippen MR) is 123 cm³/mol. The number of benzene rings is 1. The van der Waals surface area contributed by atoms with Gasteiger partial charge in [-0.05, 0) is 53.6 Å². The van der Waals surface area contributed by atoms with E-state index in [-0.39, 0.29) is 6.01 Å². The number of hydrogen-bond acceptors (Lipinski definition) is 7. The molecule has 0 atom stereocenters. The van der Waals surface area contributed by atoms with Gasteiger partial charge >= 0.3 is 0 Å². The molecule has 1 aromatic carbocycles. The number of allylic oxidation sites excluding steroid dienone is 4. The third-order valence-electron chi connectivity index (χ3n) is 5.81. The van der Waals surface area contributed by atoms with Crippen molar-refractivity contribution in [3.05, 3.63) is 78.7 Å². The first kappa shape index (κ1) is 18.7. The quantitative estimate of drug-likeness (QED) is 0.519. The fourth-order valence-electron chi connectivity index (χ4n) is 4.15. The zero-order valence-corrected chi connectivity index (χ0v) is 17.4. The lowest BCUT2D eigenvalue weighted by molar-refractivity contribution is 0.0513. The summed E-state index contributed by atoms with van der Waals surface area (Å²) in [4.78, 5) is 11.1. The second kappa shape index (κ2) is 7.58. The first-order valence-corrected chi connectivity index (χ1v) is 10.6. The van der Waals surface area contributed by atoms with Gasteiger partial charge in [-0.2, -0.15) is 4.98 Å². The fourth-order valence-corrected chi connectivity index (χ4v) is 4.15. The lowest BCUT2D eigenvalue weighted by Gasteiger charge is -2.30. The third kappa shape index (κ3) is 3.30. The number of rotatable bonds is 3. The van der Waals surface area contributed by atoms with Crippen LogP contribution in [-0.4, -0.2) is 45.6 Å². The number of fused-ring (bicyclic) bond motifs is 2. The minimum atomic E-state index is 0.176. The van der Waals surface area contributed by atoms with Crippen molar-refractivity contribution in [2.75, 3.05) is 32.0 Å². The van der Waals surface area contributed by atoms with Gasteiger partial charge in [0, 0.05) is 31.1 Å². The van der Waals surface area contributed by atoms with Crippen LogP contribution < -0.4 is 11.1 Å². The van der Waals surface area contributed by atoms with E-state index in [9.17, 15) is 0 Å². The van der Waals surface area contributed by atoms with Crippen LogP contribution in [0, 0.1) is 0 Å². The number of anilines is 1. The number of nitrogens with one attached hydrogen (secondary N) is 1. The number of nitrogen functional groups attached to an aromatic ring is 1. The van der Waals surface area contributed by atoms with Gasteiger partial charge in [-0.1, -0.05) is 6.07 Å². The minimum Gasteiger partial charge on any atom is -0.424 e. The SMILES string of the molecule is Nc1nc2cc(-c3ccc4ncc(C5=CC=C(N6CCOCC6)NC=C5)n4c3)ccc2o1. The van der Waals surface area contributed by atoms with Gasteiger partial charge in [0.15, 0.2) is 5.58 Å². The molecule has 160 valence electrons. The van der Waals surface area contributed by atoms with E-state index in [0.29, 0.717) is 5.58 Å². The number of ether oxygens (including phenoxy) is 1. The number of aromatic nitrogens is 3. The van der Waals surface area contributed by atoms with E-state index in [1.54, 1.807) is 0 Å². The Labute approximate surface area is 184 Å². The zero-order chi connectivity index (χ0) is 21.5. The number of morpholine rings is 1. The van der Waals surface area contributed by atoms with E-state index >= 15 is 0 Å². The van der Waals surface area contributed by atoms with Gasteiger partial charge in [-0.15, -0.1) is 0 Å². The Bertz CT molecular complexity index is 1400. The van der Waals surface area contributed by atoms with Crippen LogP contribution in [0.3, 0.4) is 0 Å². The van der Waals surface area contributed by atoms with Crippen molar-refractivity contribution >= 4 is 28.3 Å². The highest BCUT2D eigenvalue weighted by Gasteiger charge is 2.15. The molecular formula is C24H22N6O2. The average molecular weight is 426 g/mol. The normalized spacial score (nSPS) is 16.7. The molecule has 6 rings (SSSR count). The summed E-state index contributed by atoms with van der Waals surface area (Å²) in [7, 11) is 0. The van der Waals surface area contributed by atoms with Crippen LogP contribution in [0.5, 0.6) is 0 Å². The molecule has 0 saturated carbocycles. The summed E-state index contributed by atoms with van der Waals surface area (Å²) in [6.45, 7) is 3.27. The van der Waals surface area contributed by atoms with E-state index in [1.807, 2.05) is 36.7 Å². The van der Waals surface area contributed by atoms with Crippen molar-refractivity contribution in [3.63, 3.8) is 0 Å². The van der Waals surface area contributed by atoms with E-state index in [1.165, 1.54) is 0 Å². The highest BCUT2D eigenvalue weighted by atomic mass is 16.5. The second-order valence-corrected chi connectivity index (χ2v) is 7.78. The molecule has 0 spiro atoms. The minimum absolute atomic E-state index is 0.176. The van der Waals surface area contributed by atoms with Crippen molar-refractivity contribution in [2.45, 2.75) is 0 Å². The van der Waals surface area contributed by atoms with Crippen molar-refractivity contribution in [1.29, 1.82) is 0 Å². The summed E-state index contributed by atoms with van der Waals surface area (Å²) in [5.41, 5.74) is 12.2. The lowest BCUT2D eigenvalue weighted by Crippen LogP contribution is -2.38. The fraction of sp³-hybridized carbons (Fsp3) is 0.167. The summed E-state index contributed by atoms with van der Waals surface area (Å²) >= 11 is 0. The largest absolute Gasteiger partial charge is 0.424 e. The van der Waals surface area contributed by atoms with Gasteiger partial charge in [0.1, 0.15) is 17.0 Å². The molecule has 2 aliphatic heterocycles. The van der Waals surface area contributed by atoms with Crippen molar-refractivity contribution in [3.8, 4) is 11.1 Å². The molecule has 4 aromatic rings. The summed E-state index contributed by atoms with van der Waals surface area (Å²) in [6.07, 6.45) is 12.3. The molecular weight excluding hydrogens is 404 g/mol. The summed E-state index contributed by atoms with van der Waals surface area (Å²) in [5, 5.41) is 3.39. The van der Waals surface area contributed by atoms with E-state index in [4.69, 9.17) is 14.9 Å². The highest BCUT2D eigenvalue weighted by molar-refractivity contribution is 5.82.